The van der Waals surface area contributed by atoms with Gasteiger partial charge in [0.1, 0.15) is 5.75 Å². The maximum atomic E-state index is 11.9. The second-order valence-electron chi connectivity index (χ2n) is 4.85. The van der Waals surface area contributed by atoms with E-state index in [2.05, 4.69) is 0 Å². The number of esters is 1. The summed E-state index contributed by atoms with van der Waals surface area (Å²) in [5, 5.41) is 8.85. The van der Waals surface area contributed by atoms with E-state index in [9.17, 15) is 4.79 Å². The fourth-order valence-corrected chi connectivity index (χ4v) is 2.14. The van der Waals surface area contributed by atoms with Gasteiger partial charge in [-0.1, -0.05) is 6.07 Å². The van der Waals surface area contributed by atoms with E-state index >= 15 is 0 Å². The minimum atomic E-state index is -0.566. The first kappa shape index (κ1) is 17.9. The van der Waals surface area contributed by atoms with Gasteiger partial charge in [0, 0.05) is 6.08 Å². The predicted octanol–water partition coefficient (Wildman–Crippen LogP) is 3.20. The van der Waals surface area contributed by atoms with Gasteiger partial charge in [-0.3, -0.25) is 0 Å². The lowest BCUT2D eigenvalue weighted by atomic mass is 10.1. The molecule has 25 heavy (non-hydrogen) atoms. The van der Waals surface area contributed by atoms with E-state index in [0.717, 1.165) is 0 Å². The van der Waals surface area contributed by atoms with Crippen LogP contribution in [0.3, 0.4) is 0 Å². The number of ether oxygens (including phenoxy) is 4. The van der Waals surface area contributed by atoms with Gasteiger partial charge in [-0.2, -0.15) is 5.26 Å². The van der Waals surface area contributed by atoms with E-state index in [1.165, 1.54) is 33.5 Å². The number of hydrogen-bond donors (Lipinski definition) is 0. The smallest absolute Gasteiger partial charge is 0.336 e. The number of methoxy groups -OCH3 is 3. The molecule has 6 nitrogen and oxygen atoms in total. The topological polar surface area (TPSA) is 77.8 Å². The normalized spacial score (nSPS) is 10.2. The highest BCUT2D eigenvalue weighted by molar-refractivity contribution is 5.89. The van der Waals surface area contributed by atoms with Gasteiger partial charge in [0.25, 0.3) is 0 Å². The minimum absolute atomic E-state index is 0.304. The molecule has 0 heterocycles. The summed E-state index contributed by atoms with van der Waals surface area (Å²) in [7, 11) is 4.55. The third-order valence-corrected chi connectivity index (χ3v) is 3.28. The lowest BCUT2D eigenvalue weighted by molar-refractivity contribution is -0.128. The molecule has 0 spiro atoms. The van der Waals surface area contributed by atoms with Crippen LogP contribution in [-0.4, -0.2) is 27.3 Å². The van der Waals surface area contributed by atoms with Crippen molar-refractivity contribution in [2.75, 3.05) is 21.3 Å². The number of nitriles is 1. The molecule has 0 unspecified atom stereocenters. The molecule has 2 aromatic carbocycles. The van der Waals surface area contributed by atoms with Crippen molar-refractivity contribution >= 4 is 12.0 Å². The number of nitrogens with zero attached hydrogens (tertiary/aromatic N) is 1. The molecule has 0 radical (unpaired) electrons. The van der Waals surface area contributed by atoms with E-state index in [-0.39, 0.29) is 0 Å². The highest BCUT2D eigenvalue weighted by atomic mass is 16.5. The largest absolute Gasteiger partial charge is 0.493 e. The molecule has 0 aliphatic carbocycles. The van der Waals surface area contributed by atoms with Crippen LogP contribution in [0.5, 0.6) is 23.0 Å². The monoisotopic (exact) mass is 339 g/mol. The molecule has 0 atom stereocenters. The van der Waals surface area contributed by atoms with Crippen molar-refractivity contribution < 1.29 is 23.7 Å². The number of carbonyl (C=O) groups excluding carboxylic acids is 1. The van der Waals surface area contributed by atoms with Crippen molar-refractivity contribution in [3.63, 3.8) is 0 Å². The van der Waals surface area contributed by atoms with Gasteiger partial charge >= 0.3 is 5.97 Å². The Hall–Kier alpha value is -3.46. The number of carbonyl (C=O) groups is 1. The van der Waals surface area contributed by atoms with Gasteiger partial charge in [-0.15, -0.1) is 0 Å². The average molecular weight is 339 g/mol. The van der Waals surface area contributed by atoms with Crippen LogP contribution in [0.1, 0.15) is 11.1 Å². The Morgan fingerprint density at radius 3 is 2.28 bits per heavy atom. The van der Waals surface area contributed by atoms with Crippen LogP contribution < -0.4 is 18.9 Å². The Kier molecular flexibility index (Phi) is 6.02. The number of hydrogen-bond acceptors (Lipinski definition) is 6. The first-order valence-corrected chi connectivity index (χ1v) is 7.31. The van der Waals surface area contributed by atoms with Crippen LogP contribution in [0.2, 0.25) is 0 Å². The fourth-order valence-electron chi connectivity index (χ4n) is 2.14. The Morgan fingerprint density at radius 1 is 1.04 bits per heavy atom. The number of rotatable bonds is 6. The van der Waals surface area contributed by atoms with Crippen LogP contribution in [0, 0.1) is 11.3 Å². The van der Waals surface area contributed by atoms with Crippen LogP contribution in [0.25, 0.3) is 6.08 Å². The first-order chi connectivity index (χ1) is 12.1. The summed E-state index contributed by atoms with van der Waals surface area (Å²) in [5.74, 6) is 1.17. The summed E-state index contributed by atoms with van der Waals surface area (Å²) in [6.07, 6.45) is 2.85. The van der Waals surface area contributed by atoms with E-state index in [1.807, 2.05) is 6.07 Å². The molecule has 0 saturated carbocycles. The molecular weight excluding hydrogens is 322 g/mol. The van der Waals surface area contributed by atoms with E-state index in [0.29, 0.717) is 34.1 Å². The van der Waals surface area contributed by atoms with Crippen molar-refractivity contribution in [3.05, 3.63) is 53.6 Å². The molecule has 0 fully saturated rings. The standard InChI is InChI=1S/C19H17NO5/c1-22-16-10-13(11-17(23-2)19(16)24-3)7-8-18(21)25-15-6-4-5-14(9-15)12-20/h4-11H,1-3H3/b8-7+. The van der Waals surface area contributed by atoms with Crippen molar-refractivity contribution in [2.45, 2.75) is 0 Å². The van der Waals surface area contributed by atoms with Crippen molar-refractivity contribution in [1.82, 2.24) is 0 Å². The van der Waals surface area contributed by atoms with Gasteiger partial charge < -0.3 is 18.9 Å². The van der Waals surface area contributed by atoms with E-state index < -0.39 is 5.97 Å². The maximum Gasteiger partial charge on any atom is 0.336 e. The molecule has 0 saturated heterocycles. The van der Waals surface area contributed by atoms with Crippen molar-refractivity contribution in [2.24, 2.45) is 0 Å². The van der Waals surface area contributed by atoms with Gasteiger partial charge in [0.05, 0.1) is 33.0 Å². The van der Waals surface area contributed by atoms with Gasteiger partial charge in [0.15, 0.2) is 11.5 Å². The molecule has 2 aromatic rings. The fraction of sp³-hybridized carbons (Fsp3) is 0.158. The lowest BCUT2D eigenvalue weighted by Crippen LogP contribution is -2.03. The van der Waals surface area contributed by atoms with Crippen molar-refractivity contribution in [3.8, 4) is 29.1 Å². The molecular formula is C19H17NO5. The van der Waals surface area contributed by atoms with Crippen LogP contribution in [-0.2, 0) is 4.79 Å². The summed E-state index contributed by atoms with van der Waals surface area (Å²) in [6.45, 7) is 0. The van der Waals surface area contributed by atoms with Crippen molar-refractivity contribution in [1.29, 1.82) is 5.26 Å². The quantitative estimate of drug-likeness (QED) is 0.457. The Morgan fingerprint density at radius 2 is 1.72 bits per heavy atom. The molecule has 6 heteroatoms. The third kappa shape index (κ3) is 4.52. The summed E-state index contributed by atoms with van der Waals surface area (Å²) >= 11 is 0. The zero-order valence-electron chi connectivity index (χ0n) is 14.1. The predicted molar refractivity (Wildman–Crippen MR) is 91.9 cm³/mol. The lowest BCUT2D eigenvalue weighted by Gasteiger charge is -2.12. The SMILES string of the molecule is COc1cc(/C=C/C(=O)Oc2cccc(C#N)c2)cc(OC)c1OC. The summed E-state index contributed by atoms with van der Waals surface area (Å²) < 4.78 is 20.9. The first-order valence-electron chi connectivity index (χ1n) is 7.31. The molecule has 0 bridgehead atoms. The van der Waals surface area contributed by atoms with Crippen LogP contribution >= 0.6 is 0 Å². The molecule has 0 amide bonds. The van der Waals surface area contributed by atoms with Gasteiger partial charge in [0.2, 0.25) is 5.75 Å². The Balaban J connectivity index is 2.18. The van der Waals surface area contributed by atoms with Crippen LogP contribution in [0.4, 0.5) is 0 Å². The molecule has 0 aliphatic rings. The van der Waals surface area contributed by atoms with E-state index in [1.54, 1.807) is 36.4 Å². The number of benzene rings is 2. The zero-order valence-corrected chi connectivity index (χ0v) is 14.1. The summed E-state index contributed by atoms with van der Waals surface area (Å²) in [4.78, 5) is 11.9. The molecule has 0 aromatic heterocycles. The van der Waals surface area contributed by atoms with Gasteiger partial charge in [-0.05, 0) is 42.0 Å². The zero-order chi connectivity index (χ0) is 18.2. The highest BCUT2D eigenvalue weighted by Gasteiger charge is 2.12. The maximum absolute atomic E-state index is 11.9. The minimum Gasteiger partial charge on any atom is -0.493 e. The van der Waals surface area contributed by atoms with E-state index in [4.69, 9.17) is 24.2 Å². The molecule has 0 N–H and O–H groups in total. The molecule has 2 rings (SSSR count). The Labute approximate surface area is 145 Å². The van der Waals surface area contributed by atoms with Gasteiger partial charge in [-0.25, -0.2) is 4.79 Å². The summed E-state index contributed by atoms with van der Waals surface area (Å²) in [6, 6.07) is 11.8. The second kappa shape index (κ2) is 8.41. The van der Waals surface area contributed by atoms with Crippen LogP contribution in [0.15, 0.2) is 42.5 Å². The highest BCUT2D eigenvalue weighted by Crippen LogP contribution is 2.38. The molecule has 0 aliphatic heterocycles. The Bertz CT molecular complexity index is 811. The third-order valence-electron chi connectivity index (χ3n) is 3.28. The second-order valence-corrected chi connectivity index (χ2v) is 4.85. The average Bonchev–Trinajstić information content (AvgIpc) is 2.65. The molecule has 128 valence electrons. The summed E-state index contributed by atoms with van der Waals surface area (Å²) in [5.41, 5.74) is 1.09.